The molecule has 1 aromatic heterocycles. The van der Waals surface area contributed by atoms with E-state index in [2.05, 4.69) is 67.6 Å². The molecule has 0 radical (unpaired) electrons. The number of benzene rings is 2. The number of nitrogens with zero attached hydrogens (tertiary/aromatic N) is 2. The van der Waals surface area contributed by atoms with Crippen LogP contribution < -0.4 is 10.6 Å². The molecule has 1 heterocycles. The lowest BCUT2D eigenvalue weighted by atomic mass is 10.2. The molecule has 0 bridgehead atoms. The zero-order valence-corrected chi connectivity index (χ0v) is 17.0. The van der Waals surface area contributed by atoms with Gasteiger partial charge in [0, 0.05) is 33.5 Å². The zero-order valence-electron chi connectivity index (χ0n) is 16.2. The van der Waals surface area contributed by atoms with E-state index in [1.54, 1.807) is 0 Å². The summed E-state index contributed by atoms with van der Waals surface area (Å²) in [5.41, 5.74) is 2.02. The minimum absolute atomic E-state index is 0.294. The number of anilines is 3. The van der Waals surface area contributed by atoms with Crippen LogP contribution in [0.3, 0.4) is 0 Å². The summed E-state index contributed by atoms with van der Waals surface area (Å²) in [6.07, 6.45) is 0. The van der Waals surface area contributed by atoms with Crippen LogP contribution in [0.5, 0.6) is 0 Å². The van der Waals surface area contributed by atoms with Gasteiger partial charge < -0.3 is 10.6 Å². The van der Waals surface area contributed by atoms with Crippen molar-refractivity contribution in [2.45, 2.75) is 43.9 Å². The lowest BCUT2D eigenvalue weighted by molar-refractivity contribution is 0.887. The molecule has 0 unspecified atom stereocenters. The minimum Gasteiger partial charge on any atom is -0.368 e. The van der Waals surface area contributed by atoms with Crippen molar-refractivity contribution in [1.82, 2.24) is 9.97 Å². The molecule has 0 aliphatic carbocycles. The molecule has 0 saturated carbocycles. The van der Waals surface area contributed by atoms with Gasteiger partial charge in [-0.1, -0.05) is 50.2 Å². The predicted molar refractivity (Wildman–Crippen MR) is 117 cm³/mol. The van der Waals surface area contributed by atoms with Crippen LogP contribution in [0.15, 0.2) is 65.6 Å². The van der Waals surface area contributed by atoms with E-state index < -0.39 is 0 Å². The van der Waals surface area contributed by atoms with Crippen molar-refractivity contribution >= 4 is 29.1 Å². The number of thioether (sulfide) groups is 1. The van der Waals surface area contributed by atoms with Crippen molar-refractivity contribution in [3.63, 3.8) is 0 Å². The highest BCUT2D eigenvalue weighted by atomic mass is 32.2. The lowest BCUT2D eigenvalue weighted by Gasteiger charge is -2.14. The highest BCUT2D eigenvalue weighted by Gasteiger charge is 2.09. The van der Waals surface area contributed by atoms with E-state index in [4.69, 9.17) is 4.98 Å². The van der Waals surface area contributed by atoms with Gasteiger partial charge in [0.2, 0.25) is 0 Å². The van der Waals surface area contributed by atoms with Gasteiger partial charge in [-0.2, -0.15) is 0 Å². The molecule has 2 aromatic carbocycles. The van der Waals surface area contributed by atoms with E-state index in [0.717, 1.165) is 22.9 Å². The molecular formula is C22H26N4S. The lowest BCUT2D eigenvalue weighted by Crippen LogP contribution is -2.12. The van der Waals surface area contributed by atoms with Crippen molar-refractivity contribution in [2.24, 2.45) is 0 Å². The molecule has 0 spiro atoms. The summed E-state index contributed by atoms with van der Waals surface area (Å²) >= 11 is 1.85. The molecule has 27 heavy (non-hydrogen) atoms. The molecule has 5 heteroatoms. The maximum atomic E-state index is 4.73. The summed E-state index contributed by atoms with van der Waals surface area (Å²) < 4.78 is 0. The Morgan fingerprint density at radius 2 is 1.56 bits per heavy atom. The monoisotopic (exact) mass is 378 g/mol. The first kappa shape index (κ1) is 19.2. The molecule has 2 N–H and O–H groups in total. The average Bonchev–Trinajstić information content (AvgIpc) is 2.61. The highest BCUT2D eigenvalue weighted by molar-refractivity contribution is 7.99. The van der Waals surface area contributed by atoms with Gasteiger partial charge in [-0.25, -0.2) is 9.97 Å². The van der Waals surface area contributed by atoms with Gasteiger partial charge in [-0.3, -0.25) is 0 Å². The first-order chi connectivity index (χ1) is 13.0. The molecule has 0 aliphatic rings. The zero-order chi connectivity index (χ0) is 19.2. The normalized spacial score (nSPS) is 11.0. The number of hydrogen-bond acceptors (Lipinski definition) is 5. The quantitative estimate of drug-likeness (QED) is 0.479. The van der Waals surface area contributed by atoms with Gasteiger partial charge in [-0.15, -0.1) is 11.8 Å². The molecular weight excluding hydrogens is 352 g/mol. The van der Waals surface area contributed by atoms with Crippen molar-refractivity contribution in [1.29, 1.82) is 0 Å². The summed E-state index contributed by atoms with van der Waals surface area (Å²) in [5.74, 6) is 2.30. The standard InChI is InChI=1S/C22H26N4S/c1-15(2)23-20-14-21(26-22(25-20)17-9-6-5-7-10-17)24-18-11-8-12-19(13-18)27-16(3)4/h5-16H,1-4H3,(H2,23,24,25,26). The molecule has 3 rings (SSSR count). The van der Waals surface area contributed by atoms with E-state index in [-0.39, 0.29) is 0 Å². The largest absolute Gasteiger partial charge is 0.368 e. The fourth-order valence-corrected chi connectivity index (χ4v) is 3.56. The number of hydrogen-bond donors (Lipinski definition) is 2. The van der Waals surface area contributed by atoms with Crippen molar-refractivity contribution in [2.75, 3.05) is 10.6 Å². The molecule has 140 valence electrons. The summed E-state index contributed by atoms with van der Waals surface area (Å²) in [4.78, 5) is 10.6. The minimum atomic E-state index is 0.294. The van der Waals surface area contributed by atoms with Crippen molar-refractivity contribution < 1.29 is 0 Å². The molecule has 0 atom stereocenters. The molecule has 0 saturated heterocycles. The van der Waals surface area contributed by atoms with Crippen molar-refractivity contribution in [3.8, 4) is 11.4 Å². The van der Waals surface area contributed by atoms with Gasteiger partial charge in [0.15, 0.2) is 5.82 Å². The Kier molecular flexibility index (Phi) is 6.35. The fraction of sp³-hybridized carbons (Fsp3) is 0.273. The van der Waals surface area contributed by atoms with Crippen molar-refractivity contribution in [3.05, 3.63) is 60.7 Å². The predicted octanol–water partition coefficient (Wildman–Crippen LogP) is 6.21. The van der Waals surface area contributed by atoms with E-state index in [9.17, 15) is 0 Å². The van der Waals surface area contributed by atoms with Gasteiger partial charge in [-0.05, 0) is 32.0 Å². The Bertz CT molecular complexity index is 878. The molecule has 4 nitrogen and oxygen atoms in total. The first-order valence-electron chi connectivity index (χ1n) is 9.24. The average molecular weight is 379 g/mol. The Hall–Kier alpha value is -2.53. The Balaban J connectivity index is 1.92. The third kappa shape index (κ3) is 5.73. The van der Waals surface area contributed by atoms with Gasteiger partial charge in [0.25, 0.3) is 0 Å². The second-order valence-electron chi connectivity index (χ2n) is 6.95. The van der Waals surface area contributed by atoms with Crippen LogP contribution in [-0.4, -0.2) is 21.3 Å². The van der Waals surface area contributed by atoms with Crippen LogP contribution in [0.25, 0.3) is 11.4 Å². The Morgan fingerprint density at radius 1 is 0.815 bits per heavy atom. The second-order valence-corrected chi connectivity index (χ2v) is 8.60. The van der Waals surface area contributed by atoms with Crippen LogP contribution in [0.4, 0.5) is 17.3 Å². The van der Waals surface area contributed by atoms with Gasteiger partial charge in [0.1, 0.15) is 11.6 Å². The van der Waals surface area contributed by atoms with Crippen LogP contribution >= 0.6 is 11.8 Å². The summed E-state index contributed by atoms with van der Waals surface area (Å²) in [6.45, 7) is 8.60. The van der Waals surface area contributed by atoms with Crippen LogP contribution in [0, 0.1) is 0 Å². The maximum absolute atomic E-state index is 4.73. The van der Waals surface area contributed by atoms with Crippen LogP contribution in [0.2, 0.25) is 0 Å². The third-order valence-electron chi connectivity index (χ3n) is 3.67. The van der Waals surface area contributed by atoms with E-state index >= 15 is 0 Å². The molecule has 0 fully saturated rings. The Morgan fingerprint density at radius 3 is 2.26 bits per heavy atom. The molecule has 0 amide bonds. The third-order valence-corrected chi connectivity index (χ3v) is 4.67. The van der Waals surface area contributed by atoms with E-state index in [0.29, 0.717) is 17.1 Å². The SMILES string of the molecule is CC(C)Nc1cc(Nc2cccc(SC(C)C)c2)nc(-c2ccccc2)n1. The van der Waals surface area contributed by atoms with Gasteiger partial charge in [0.05, 0.1) is 0 Å². The molecule has 3 aromatic rings. The number of aromatic nitrogens is 2. The highest BCUT2D eigenvalue weighted by Crippen LogP contribution is 2.28. The first-order valence-corrected chi connectivity index (χ1v) is 10.1. The maximum Gasteiger partial charge on any atom is 0.163 e. The van der Waals surface area contributed by atoms with E-state index in [1.165, 1.54) is 4.90 Å². The second kappa shape index (κ2) is 8.91. The number of nitrogens with one attached hydrogen (secondary N) is 2. The van der Waals surface area contributed by atoms with Crippen LogP contribution in [0.1, 0.15) is 27.7 Å². The number of rotatable bonds is 7. The molecule has 0 aliphatic heterocycles. The topological polar surface area (TPSA) is 49.8 Å². The Labute approximate surface area is 165 Å². The summed E-state index contributed by atoms with van der Waals surface area (Å²) in [6, 6.07) is 20.7. The summed E-state index contributed by atoms with van der Waals surface area (Å²) in [7, 11) is 0. The van der Waals surface area contributed by atoms with Gasteiger partial charge >= 0.3 is 0 Å². The van der Waals surface area contributed by atoms with Crippen LogP contribution in [-0.2, 0) is 0 Å². The van der Waals surface area contributed by atoms with E-state index in [1.807, 2.05) is 48.2 Å². The smallest absolute Gasteiger partial charge is 0.163 e. The fourth-order valence-electron chi connectivity index (χ4n) is 2.66. The summed E-state index contributed by atoms with van der Waals surface area (Å²) in [5, 5.41) is 7.37.